The van der Waals surface area contributed by atoms with Gasteiger partial charge in [0.25, 0.3) is 0 Å². The molecule has 0 aliphatic carbocycles. The number of carbonyl (C=O) groups is 1. The van der Waals surface area contributed by atoms with Crippen molar-refractivity contribution in [2.24, 2.45) is 0 Å². The molecule has 0 spiro atoms. The molecule has 46 valence electrons. The van der Waals surface area contributed by atoms with E-state index in [1.807, 2.05) is 0 Å². The zero-order chi connectivity index (χ0) is 6.53. The first-order valence-electron chi connectivity index (χ1n) is 2.59. The average molecular weight is 122 g/mol. The van der Waals surface area contributed by atoms with Crippen molar-refractivity contribution < 1.29 is 9.53 Å². The van der Waals surface area contributed by atoms with Gasteiger partial charge in [-0.3, -0.25) is 4.79 Å². The van der Waals surface area contributed by atoms with Crippen molar-refractivity contribution in [2.75, 3.05) is 0 Å². The van der Waals surface area contributed by atoms with Gasteiger partial charge in [-0.2, -0.15) is 0 Å². The van der Waals surface area contributed by atoms with Crippen LogP contribution in [0.3, 0.4) is 0 Å². The molecule has 0 aromatic rings. The van der Waals surface area contributed by atoms with E-state index in [-0.39, 0.29) is 0 Å². The van der Waals surface area contributed by atoms with Crippen molar-refractivity contribution in [1.82, 2.24) is 0 Å². The maximum Gasteiger partial charge on any atom is 0.146 e. The van der Waals surface area contributed by atoms with E-state index < -0.39 is 0 Å². The maximum atomic E-state index is 9.86. The molecule has 1 aliphatic rings. The molecule has 0 bridgehead atoms. The summed E-state index contributed by atoms with van der Waals surface area (Å²) in [6, 6.07) is 0. The third kappa shape index (κ3) is 1.57. The SMILES string of the molecule is O=C/C=C1\C=CC=CO1. The fourth-order valence-corrected chi connectivity index (χ4v) is 0.515. The second-order valence-corrected chi connectivity index (χ2v) is 1.51. The largest absolute Gasteiger partial charge is 0.465 e. The lowest BCUT2D eigenvalue weighted by Crippen LogP contribution is -1.84. The van der Waals surface area contributed by atoms with Gasteiger partial charge in [0.2, 0.25) is 0 Å². The lowest BCUT2D eigenvalue weighted by Gasteiger charge is -2.00. The molecule has 0 fully saturated rings. The zero-order valence-corrected chi connectivity index (χ0v) is 4.78. The molecule has 0 aromatic heterocycles. The molecule has 0 radical (unpaired) electrons. The van der Waals surface area contributed by atoms with Crippen LogP contribution in [0, 0.1) is 0 Å². The second-order valence-electron chi connectivity index (χ2n) is 1.51. The number of hydrogen-bond donors (Lipinski definition) is 0. The highest BCUT2D eigenvalue weighted by Gasteiger charge is 1.90. The molecule has 1 aliphatic heterocycles. The summed E-state index contributed by atoms with van der Waals surface area (Å²) < 4.78 is 4.88. The minimum Gasteiger partial charge on any atom is -0.465 e. The molecule has 0 N–H and O–H groups in total. The van der Waals surface area contributed by atoms with E-state index in [4.69, 9.17) is 4.74 Å². The Hall–Kier alpha value is -1.31. The van der Waals surface area contributed by atoms with Gasteiger partial charge in [0, 0.05) is 6.08 Å². The van der Waals surface area contributed by atoms with Gasteiger partial charge in [-0.1, -0.05) is 6.08 Å². The Morgan fingerprint density at radius 3 is 2.89 bits per heavy atom. The molecular weight excluding hydrogens is 116 g/mol. The molecule has 0 amide bonds. The average Bonchev–Trinajstić information content (AvgIpc) is 1.91. The lowest BCUT2D eigenvalue weighted by atomic mass is 10.3. The molecule has 0 saturated heterocycles. The molecule has 1 rings (SSSR count). The highest BCUT2D eigenvalue weighted by molar-refractivity contribution is 5.66. The Labute approximate surface area is 53.1 Å². The molecule has 2 heteroatoms. The number of carbonyl (C=O) groups excluding carboxylic acids is 1. The summed E-state index contributed by atoms with van der Waals surface area (Å²) in [7, 11) is 0. The molecule has 0 unspecified atom stereocenters. The van der Waals surface area contributed by atoms with Gasteiger partial charge >= 0.3 is 0 Å². The second kappa shape index (κ2) is 2.87. The van der Waals surface area contributed by atoms with Crippen LogP contribution < -0.4 is 0 Å². The number of ether oxygens (including phenoxy) is 1. The van der Waals surface area contributed by atoms with Crippen LogP contribution in [0.2, 0.25) is 0 Å². The van der Waals surface area contributed by atoms with E-state index in [9.17, 15) is 4.79 Å². The van der Waals surface area contributed by atoms with Gasteiger partial charge in [-0.25, -0.2) is 0 Å². The highest BCUT2D eigenvalue weighted by atomic mass is 16.5. The van der Waals surface area contributed by atoms with Crippen LogP contribution >= 0.6 is 0 Å². The fraction of sp³-hybridized carbons (Fsp3) is 0. The third-order valence-electron chi connectivity index (χ3n) is 0.887. The predicted octanol–water partition coefficient (Wildman–Crippen LogP) is 1.17. The Morgan fingerprint density at radius 1 is 1.44 bits per heavy atom. The number of hydrogen-bond acceptors (Lipinski definition) is 2. The molecule has 1 heterocycles. The van der Waals surface area contributed by atoms with Crippen LogP contribution in [-0.4, -0.2) is 6.29 Å². The topological polar surface area (TPSA) is 26.3 Å². The van der Waals surface area contributed by atoms with Gasteiger partial charge in [-0.05, 0) is 12.2 Å². The van der Waals surface area contributed by atoms with Crippen molar-refractivity contribution in [2.45, 2.75) is 0 Å². The van der Waals surface area contributed by atoms with E-state index in [1.165, 1.54) is 12.3 Å². The molecule has 0 aromatic carbocycles. The first kappa shape index (κ1) is 5.82. The number of rotatable bonds is 1. The Balaban J connectivity index is 2.65. The van der Waals surface area contributed by atoms with Gasteiger partial charge in [0.05, 0.1) is 6.26 Å². The van der Waals surface area contributed by atoms with Crippen molar-refractivity contribution in [3.05, 3.63) is 36.3 Å². The summed E-state index contributed by atoms with van der Waals surface area (Å²) >= 11 is 0. The summed E-state index contributed by atoms with van der Waals surface area (Å²) in [5.74, 6) is 0.576. The van der Waals surface area contributed by atoms with Gasteiger partial charge in [-0.15, -0.1) is 0 Å². The molecule has 0 saturated carbocycles. The van der Waals surface area contributed by atoms with Crippen molar-refractivity contribution >= 4 is 6.29 Å². The summed E-state index contributed by atoms with van der Waals surface area (Å²) in [5.41, 5.74) is 0. The Kier molecular flexibility index (Phi) is 1.85. The minimum atomic E-state index is 0.576. The smallest absolute Gasteiger partial charge is 0.146 e. The number of allylic oxidation sites excluding steroid dienone is 4. The van der Waals surface area contributed by atoms with E-state index >= 15 is 0 Å². The lowest BCUT2D eigenvalue weighted by molar-refractivity contribution is -0.104. The molecule has 2 nitrogen and oxygen atoms in total. The van der Waals surface area contributed by atoms with Crippen LogP contribution in [0.5, 0.6) is 0 Å². The van der Waals surface area contributed by atoms with Crippen LogP contribution in [0.15, 0.2) is 36.3 Å². The van der Waals surface area contributed by atoms with Crippen molar-refractivity contribution in [3.8, 4) is 0 Å². The van der Waals surface area contributed by atoms with E-state index in [0.29, 0.717) is 12.0 Å². The van der Waals surface area contributed by atoms with Crippen molar-refractivity contribution in [1.29, 1.82) is 0 Å². The quantitative estimate of drug-likeness (QED) is 0.385. The van der Waals surface area contributed by atoms with Crippen LogP contribution in [0.25, 0.3) is 0 Å². The summed E-state index contributed by atoms with van der Waals surface area (Å²) in [4.78, 5) is 9.86. The zero-order valence-electron chi connectivity index (χ0n) is 4.78. The number of aldehydes is 1. The predicted molar refractivity (Wildman–Crippen MR) is 33.5 cm³/mol. The maximum absolute atomic E-state index is 9.86. The molecule has 9 heavy (non-hydrogen) atoms. The van der Waals surface area contributed by atoms with Gasteiger partial charge in [0.1, 0.15) is 12.0 Å². The summed E-state index contributed by atoms with van der Waals surface area (Å²) in [6.07, 6.45) is 8.85. The van der Waals surface area contributed by atoms with Gasteiger partial charge < -0.3 is 4.74 Å². The fourth-order valence-electron chi connectivity index (χ4n) is 0.515. The Morgan fingerprint density at radius 2 is 2.33 bits per heavy atom. The Bertz CT molecular complexity index is 187. The standard InChI is InChI=1S/C7H6O2/c8-5-4-7-3-1-2-6-9-7/h1-6H/b7-4+. The first-order chi connectivity index (χ1) is 4.43. The highest BCUT2D eigenvalue weighted by Crippen LogP contribution is 2.03. The first-order valence-corrected chi connectivity index (χ1v) is 2.59. The van der Waals surface area contributed by atoms with Crippen molar-refractivity contribution in [3.63, 3.8) is 0 Å². The third-order valence-corrected chi connectivity index (χ3v) is 0.887. The monoisotopic (exact) mass is 122 g/mol. The van der Waals surface area contributed by atoms with E-state index in [2.05, 4.69) is 0 Å². The minimum absolute atomic E-state index is 0.576. The molecular formula is C7H6O2. The van der Waals surface area contributed by atoms with E-state index in [0.717, 1.165) is 0 Å². The van der Waals surface area contributed by atoms with E-state index in [1.54, 1.807) is 18.2 Å². The van der Waals surface area contributed by atoms with Crippen LogP contribution in [0.1, 0.15) is 0 Å². The van der Waals surface area contributed by atoms with Crippen LogP contribution in [-0.2, 0) is 9.53 Å². The molecule has 0 atom stereocenters. The van der Waals surface area contributed by atoms with Crippen LogP contribution in [0.4, 0.5) is 0 Å². The van der Waals surface area contributed by atoms with Gasteiger partial charge in [0.15, 0.2) is 0 Å². The summed E-state index contributed by atoms with van der Waals surface area (Å²) in [6.45, 7) is 0. The normalized spacial score (nSPS) is 19.8. The summed E-state index contributed by atoms with van der Waals surface area (Å²) in [5, 5.41) is 0.